The second kappa shape index (κ2) is 16.2. The average molecular weight is 941 g/mol. The molecular weight excluding hydrogens is 889 g/mol. The first-order valence-corrected chi connectivity index (χ1v) is 28.8. The number of furan rings is 1. The molecule has 0 amide bonds. The second-order valence-corrected chi connectivity index (χ2v) is 31.7. The molecule has 7 aromatic rings. The zero-order chi connectivity index (χ0) is 37.4. The second-order valence-electron chi connectivity index (χ2n) is 16.0. The van der Waals surface area contributed by atoms with E-state index in [1.807, 2.05) is 56.6 Å². The summed E-state index contributed by atoms with van der Waals surface area (Å²) in [6.07, 6.45) is 3.86. The van der Waals surface area contributed by atoms with Gasteiger partial charge in [-0.2, -0.15) is 0 Å². The number of nitrogens with zero attached hydrogens (tertiary/aromatic N) is 2. The molecule has 3 heterocycles. The van der Waals surface area contributed by atoms with Gasteiger partial charge in [0.1, 0.15) is 0 Å². The Bertz CT molecular complexity index is 2330. The number of pyridine rings is 2. The van der Waals surface area contributed by atoms with Crippen LogP contribution in [0.15, 0.2) is 114 Å². The summed E-state index contributed by atoms with van der Waals surface area (Å²) in [6.45, 7) is 15.2. The summed E-state index contributed by atoms with van der Waals surface area (Å²) in [5.41, 5.74) is 10.2. The van der Waals surface area contributed by atoms with Gasteiger partial charge >= 0.3 is 155 Å². The number of rotatable bonds is 7. The third-order valence-electron chi connectivity index (χ3n) is 9.46. The minimum absolute atomic E-state index is 0. The van der Waals surface area contributed by atoms with Gasteiger partial charge in [-0.25, -0.2) is 0 Å². The van der Waals surface area contributed by atoms with Gasteiger partial charge in [-0.1, -0.05) is 64.5 Å². The maximum absolute atomic E-state index is 8.44. The third-order valence-corrected chi connectivity index (χ3v) is 15.8. The Morgan fingerprint density at radius 2 is 1.48 bits per heavy atom. The molecule has 0 aliphatic rings. The van der Waals surface area contributed by atoms with Crippen LogP contribution in [-0.2, 0) is 20.1 Å². The minimum Gasteiger partial charge on any atom is -0.305 e. The summed E-state index contributed by atoms with van der Waals surface area (Å²) in [5.74, 6) is 7.12. The van der Waals surface area contributed by atoms with Gasteiger partial charge < -0.3 is 4.98 Å². The van der Waals surface area contributed by atoms with Gasteiger partial charge in [0.05, 0.1) is 8.07 Å². The Kier molecular flexibility index (Phi) is 11.9. The van der Waals surface area contributed by atoms with Crippen LogP contribution in [-0.4, -0.2) is 31.3 Å². The van der Waals surface area contributed by atoms with Crippen LogP contribution in [0.5, 0.6) is 0 Å². The number of hydrogen-bond donors (Lipinski definition) is 0. The van der Waals surface area contributed by atoms with E-state index in [0.717, 1.165) is 50.0 Å². The van der Waals surface area contributed by atoms with Crippen molar-refractivity contribution in [2.75, 3.05) is 0 Å². The van der Waals surface area contributed by atoms with Crippen molar-refractivity contribution in [3.05, 3.63) is 133 Å². The molecule has 0 fully saturated rings. The molecule has 0 N–H and O–H groups in total. The third kappa shape index (κ3) is 8.77. The Hall–Kier alpha value is -3.61. The Balaban J connectivity index is 0.000000223. The van der Waals surface area contributed by atoms with E-state index in [1.165, 1.54) is 26.3 Å². The van der Waals surface area contributed by atoms with E-state index < -0.39 is 27.2 Å². The van der Waals surface area contributed by atoms with Crippen molar-refractivity contribution in [2.24, 2.45) is 0 Å². The van der Waals surface area contributed by atoms with Crippen LogP contribution in [0.4, 0.5) is 0 Å². The van der Waals surface area contributed by atoms with Crippen molar-refractivity contribution in [3.8, 4) is 33.6 Å². The van der Waals surface area contributed by atoms with Crippen molar-refractivity contribution in [2.45, 2.75) is 76.4 Å². The first-order chi connectivity index (χ1) is 24.5. The first-order valence-electron chi connectivity index (χ1n) is 18.4. The number of aromatic nitrogens is 2. The molecule has 0 aliphatic carbocycles. The number of benzene rings is 4. The van der Waals surface area contributed by atoms with Crippen molar-refractivity contribution >= 4 is 52.9 Å². The summed E-state index contributed by atoms with van der Waals surface area (Å²) in [7, 11) is -1.50. The monoisotopic (exact) mass is 942 g/mol. The molecule has 0 atom stereocenters. The molecule has 4 aromatic carbocycles. The number of hydrogen-bond acceptors (Lipinski definition) is 3. The van der Waals surface area contributed by atoms with E-state index in [9.17, 15) is 0 Å². The van der Waals surface area contributed by atoms with Crippen LogP contribution in [0.3, 0.4) is 0 Å². The van der Waals surface area contributed by atoms with Gasteiger partial charge in [0.2, 0.25) is 0 Å². The maximum atomic E-state index is 8.44. The molecular formula is C46H50GeIrN2OSi-2. The summed E-state index contributed by atoms with van der Waals surface area (Å²) in [6, 6.07) is 40.4. The standard InChI is InChI=1S/C29H28GeNO.C17H22NSi.Ir/c1-19(2)21-15-16-31-27(17-21)26-8-6-7-25-24-14-11-22(18-28(24)32-29(25)26)20-9-12-23(13-10-20)30(3,4)5;1-13(2)15-11-16(14-9-7-6-8-10-14)18-12-17(15)19(3,4)5;/h6-7,9-19H,1-5H3;6-9,11-13H,1-5H3;/q2*-1;/i;13D;. The van der Waals surface area contributed by atoms with Crippen LogP contribution < -0.4 is 9.58 Å². The van der Waals surface area contributed by atoms with Crippen molar-refractivity contribution in [1.29, 1.82) is 0 Å². The molecule has 0 saturated carbocycles. The molecule has 1 radical (unpaired) electrons. The van der Waals surface area contributed by atoms with Crippen LogP contribution in [0.1, 0.15) is 52.0 Å². The molecule has 3 nitrogen and oxygen atoms in total. The predicted octanol–water partition coefficient (Wildman–Crippen LogP) is 12.0. The van der Waals surface area contributed by atoms with Gasteiger partial charge in [0, 0.05) is 33.9 Å². The van der Waals surface area contributed by atoms with E-state index in [2.05, 4.69) is 140 Å². The van der Waals surface area contributed by atoms with Gasteiger partial charge in [-0.05, 0) is 28.8 Å². The average Bonchev–Trinajstić information content (AvgIpc) is 3.49. The molecule has 269 valence electrons. The fourth-order valence-electron chi connectivity index (χ4n) is 6.38. The van der Waals surface area contributed by atoms with Crippen LogP contribution in [0.25, 0.3) is 55.6 Å². The summed E-state index contributed by atoms with van der Waals surface area (Å²) in [5, 5.41) is 3.51. The molecule has 0 unspecified atom stereocenters. The quantitative estimate of drug-likeness (QED) is 0.118. The predicted molar refractivity (Wildman–Crippen MR) is 224 cm³/mol. The van der Waals surface area contributed by atoms with E-state index in [0.29, 0.717) is 5.92 Å². The van der Waals surface area contributed by atoms with Crippen LogP contribution in [0.2, 0.25) is 36.9 Å². The van der Waals surface area contributed by atoms with Crippen molar-refractivity contribution in [3.63, 3.8) is 0 Å². The Labute approximate surface area is 329 Å². The molecule has 0 bridgehead atoms. The first kappa shape index (κ1) is 38.1. The van der Waals surface area contributed by atoms with Gasteiger partial charge in [0.15, 0.2) is 0 Å². The molecule has 52 heavy (non-hydrogen) atoms. The van der Waals surface area contributed by atoms with Crippen molar-refractivity contribution < 1.29 is 25.9 Å². The van der Waals surface area contributed by atoms with Crippen LogP contribution in [0, 0.1) is 12.1 Å². The zero-order valence-corrected chi connectivity index (χ0v) is 37.6. The number of fused-ring (bicyclic) bond motifs is 3. The fourth-order valence-corrected chi connectivity index (χ4v) is 10.4. The van der Waals surface area contributed by atoms with E-state index in [-0.39, 0.29) is 20.1 Å². The SMILES string of the molecule is CC(C)c1ccnc(-c2[c-]ccc3c2oc2cc(-c4cc[c]([Ge]([CH3])([CH3])[CH3])cc4)ccc23)c1.[2H]C(C)(C)c1cc(-c2[c-]cccc2)ncc1[Si](C)(C)C.[Ir]. The summed E-state index contributed by atoms with van der Waals surface area (Å²) < 4.78 is 16.4. The van der Waals surface area contributed by atoms with Gasteiger partial charge in [0.25, 0.3) is 0 Å². The topological polar surface area (TPSA) is 38.9 Å². The van der Waals surface area contributed by atoms with E-state index >= 15 is 0 Å². The molecule has 0 saturated heterocycles. The molecule has 3 aromatic heterocycles. The zero-order valence-electron chi connectivity index (χ0n) is 33.1. The van der Waals surface area contributed by atoms with Gasteiger partial charge in [-0.15, -0.1) is 35.9 Å². The summed E-state index contributed by atoms with van der Waals surface area (Å²) in [4.78, 5) is 9.23. The van der Waals surface area contributed by atoms with Crippen LogP contribution >= 0.6 is 0 Å². The fraction of sp³-hybridized carbons (Fsp3) is 0.261. The Morgan fingerprint density at radius 1 is 0.750 bits per heavy atom. The summed E-state index contributed by atoms with van der Waals surface area (Å²) >= 11 is -1.81. The van der Waals surface area contributed by atoms with E-state index in [1.54, 1.807) is 0 Å². The smallest absolute Gasteiger partial charge is 0.305 e. The van der Waals surface area contributed by atoms with E-state index in [4.69, 9.17) is 5.79 Å². The molecule has 0 spiro atoms. The van der Waals surface area contributed by atoms with Gasteiger partial charge in [-0.3, -0.25) is 0 Å². The molecule has 0 aliphatic heterocycles. The molecule has 7 rings (SSSR count). The van der Waals surface area contributed by atoms with Crippen molar-refractivity contribution in [1.82, 2.24) is 9.97 Å². The minimum atomic E-state index is -1.81. The normalized spacial score (nSPS) is 12.3. The molecule has 6 heteroatoms. The Morgan fingerprint density at radius 3 is 2.12 bits per heavy atom.